The first-order valence-corrected chi connectivity index (χ1v) is 4.30. The van der Waals surface area contributed by atoms with E-state index < -0.39 is 29.5 Å². The van der Waals surface area contributed by atoms with Gasteiger partial charge in [0.05, 0.1) is 11.4 Å². The van der Waals surface area contributed by atoms with Crippen LogP contribution in [0.5, 0.6) is 0 Å². The zero-order chi connectivity index (χ0) is 13.4. The van der Waals surface area contributed by atoms with Crippen molar-refractivity contribution in [3.63, 3.8) is 0 Å². The van der Waals surface area contributed by atoms with Crippen LogP contribution in [0.1, 0.15) is 5.56 Å². The summed E-state index contributed by atoms with van der Waals surface area (Å²) in [5.74, 6) is 0. The first-order chi connectivity index (χ1) is 7.60. The highest BCUT2D eigenvalue weighted by molar-refractivity contribution is 5.64. The number of anilines is 2. The Hall–Kier alpha value is -1.60. The summed E-state index contributed by atoms with van der Waals surface area (Å²) in [5, 5.41) is 0. The Labute approximate surface area is 92.2 Å². The van der Waals surface area contributed by atoms with Gasteiger partial charge in [-0.2, -0.15) is 13.2 Å². The third-order valence-electron chi connectivity index (χ3n) is 2.22. The fourth-order valence-electron chi connectivity index (χ4n) is 1.21. The summed E-state index contributed by atoms with van der Waals surface area (Å²) in [6, 6.07) is 1.83. The second-order valence-corrected chi connectivity index (χ2v) is 3.35. The van der Waals surface area contributed by atoms with Gasteiger partial charge in [0.1, 0.15) is 0 Å². The highest BCUT2D eigenvalue weighted by Gasteiger charge is 2.64. The lowest BCUT2D eigenvalue weighted by atomic mass is 9.94. The molecule has 1 aromatic rings. The molecule has 1 rings (SSSR count). The van der Waals surface area contributed by atoms with E-state index in [0.717, 1.165) is 6.07 Å². The molecule has 96 valence electrons. The van der Waals surface area contributed by atoms with Crippen LogP contribution in [-0.2, 0) is 5.67 Å². The lowest BCUT2D eigenvalue weighted by molar-refractivity contribution is -0.274. The molecule has 17 heavy (non-hydrogen) atoms. The topological polar surface area (TPSA) is 52.0 Å². The Morgan fingerprint density at radius 1 is 0.941 bits per heavy atom. The minimum absolute atomic E-state index is 0.118. The van der Waals surface area contributed by atoms with Crippen LogP contribution in [0.2, 0.25) is 0 Å². The van der Waals surface area contributed by atoms with E-state index in [2.05, 4.69) is 0 Å². The van der Waals surface area contributed by atoms with E-state index in [4.69, 9.17) is 11.5 Å². The lowest BCUT2D eigenvalue weighted by Gasteiger charge is -2.27. The second-order valence-electron chi connectivity index (χ2n) is 3.35. The normalized spacial score (nSPS) is 15.9. The summed E-state index contributed by atoms with van der Waals surface area (Å²) >= 11 is 0. The summed E-state index contributed by atoms with van der Waals surface area (Å²) < 4.78 is 75.2. The standard InChI is InChI=1S/C9H8F6N2/c10-7(11)8(12,9(13,14)15)4-1-2-5(16)6(17)3-4/h1-3,7H,16-17H2. The van der Waals surface area contributed by atoms with Crippen molar-refractivity contribution in [2.75, 3.05) is 11.5 Å². The molecule has 4 N–H and O–H groups in total. The van der Waals surface area contributed by atoms with Crippen LogP contribution in [0, 0.1) is 0 Å². The van der Waals surface area contributed by atoms with Crippen molar-refractivity contribution >= 4 is 11.4 Å². The maximum absolute atomic E-state index is 13.5. The molecule has 0 aliphatic heterocycles. The Morgan fingerprint density at radius 3 is 1.82 bits per heavy atom. The van der Waals surface area contributed by atoms with Crippen molar-refractivity contribution in [3.8, 4) is 0 Å². The quantitative estimate of drug-likeness (QED) is 0.633. The van der Waals surface area contributed by atoms with E-state index >= 15 is 0 Å². The molecule has 0 heterocycles. The monoisotopic (exact) mass is 258 g/mol. The van der Waals surface area contributed by atoms with Crippen molar-refractivity contribution in [1.82, 2.24) is 0 Å². The van der Waals surface area contributed by atoms with Crippen LogP contribution in [0.25, 0.3) is 0 Å². The van der Waals surface area contributed by atoms with E-state index in [1.54, 1.807) is 0 Å². The van der Waals surface area contributed by atoms with Crippen LogP contribution in [0.4, 0.5) is 37.7 Å². The average molecular weight is 258 g/mol. The third kappa shape index (κ3) is 2.11. The molecular weight excluding hydrogens is 250 g/mol. The minimum Gasteiger partial charge on any atom is -0.397 e. The van der Waals surface area contributed by atoms with Crippen LogP contribution < -0.4 is 11.5 Å². The molecule has 0 bridgehead atoms. The van der Waals surface area contributed by atoms with Crippen molar-refractivity contribution < 1.29 is 26.3 Å². The molecule has 0 spiro atoms. The van der Waals surface area contributed by atoms with E-state index in [-0.39, 0.29) is 5.69 Å². The summed E-state index contributed by atoms with van der Waals surface area (Å²) in [6.45, 7) is 0. The molecule has 8 heteroatoms. The van der Waals surface area contributed by atoms with Gasteiger partial charge in [-0.05, 0) is 12.1 Å². The third-order valence-corrected chi connectivity index (χ3v) is 2.22. The summed E-state index contributed by atoms with van der Waals surface area (Å²) in [7, 11) is 0. The molecule has 0 saturated heterocycles. The van der Waals surface area contributed by atoms with E-state index in [1.807, 2.05) is 0 Å². The molecule has 2 nitrogen and oxygen atoms in total. The van der Waals surface area contributed by atoms with E-state index in [1.165, 1.54) is 0 Å². The first-order valence-electron chi connectivity index (χ1n) is 4.30. The predicted molar refractivity (Wildman–Crippen MR) is 50.1 cm³/mol. The summed E-state index contributed by atoms with van der Waals surface area (Å²) in [6.07, 6.45) is -10.0. The van der Waals surface area contributed by atoms with Gasteiger partial charge in [-0.25, -0.2) is 13.2 Å². The molecule has 0 radical (unpaired) electrons. The molecule has 0 aliphatic rings. The van der Waals surface area contributed by atoms with Gasteiger partial charge in [-0.3, -0.25) is 0 Å². The SMILES string of the molecule is Nc1ccc(C(F)(C(F)F)C(F)(F)F)cc1N. The minimum atomic E-state index is -5.75. The average Bonchev–Trinajstić information content (AvgIpc) is 2.19. The highest BCUT2D eigenvalue weighted by atomic mass is 19.4. The van der Waals surface area contributed by atoms with Gasteiger partial charge < -0.3 is 11.5 Å². The Kier molecular flexibility index (Phi) is 3.17. The zero-order valence-electron chi connectivity index (χ0n) is 8.23. The van der Waals surface area contributed by atoms with Gasteiger partial charge in [0.15, 0.2) is 0 Å². The maximum atomic E-state index is 13.5. The largest absolute Gasteiger partial charge is 0.432 e. The highest BCUT2D eigenvalue weighted by Crippen LogP contribution is 2.47. The van der Waals surface area contributed by atoms with Gasteiger partial charge in [0.25, 0.3) is 12.1 Å². The molecular formula is C9H8F6N2. The van der Waals surface area contributed by atoms with Gasteiger partial charge in [0, 0.05) is 5.56 Å². The molecule has 0 aliphatic carbocycles. The van der Waals surface area contributed by atoms with Gasteiger partial charge in [0.2, 0.25) is 0 Å². The van der Waals surface area contributed by atoms with Crippen molar-refractivity contribution in [1.29, 1.82) is 0 Å². The maximum Gasteiger partial charge on any atom is 0.432 e. The fourth-order valence-corrected chi connectivity index (χ4v) is 1.21. The van der Waals surface area contributed by atoms with Gasteiger partial charge in [-0.15, -0.1) is 0 Å². The number of alkyl halides is 6. The molecule has 0 fully saturated rings. The number of nitrogen functional groups attached to an aromatic ring is 2. The van der Waals surface area contributed by atoms with E-state index in [9.17, 15) is 26.3 Å². The van der Waals surface area contributed by atoms with Gasteiger partial charge in [-0.1, -0.05) is 6.07 Å². The van der Waals surface area contributed by atoms with Crippen molar-refractivity contribution in [3.05, 3.63) is 23.8 Å². The first kappa shape index (κ1) is 13.5. The second kappa shape index (κ2) is 4.01. The van der Waals surface area contributed by atoms with Crippen molar-refractivity contribution in [2.24, 2.45) is 0 Å². The molecule has 0 amide bonds. The van der Waals surface area contributed by atoms with Crippen LogP contribution >= 0.6 is 0 Å². The van der Waals surface area contributed by atoms with Crippen LogP contribution in [-0.4, -0.2) is 12.6 Å². The number of benzene rings is 1. The molecule has 1 aromatic carbocycles. The number of hydrogen-bond donors (Lipinski definition) is 2. The van der Waals surface area contributed by atoms with Crippen molar-refractivity contribution in [2.45, 2.75) is 18.3 Å². The Balaban J connectivity index is 3.39. The fraction of sp³-hybridized carbons (Fsp3) is 0.333. The Bertz CT molecular complexity index is 416. The molecule has 0 saturated carbocycles. The Morgan fingerprint density at radius 2 is 1.47 bits per heavy atom. The van der Waals surface area contributed by atoms with Crippen LogP contribution in [0.3, 0.4) is 0 Å². The smallest absolute Gasteiger partial charge is 0.397 e. The number of halogens is 6. The van der Waals surface area contributed by atoms with Gasteiger partial charge >= 0.3 is 6.18 Å². The summed E-state index contributed by atoms with van der Waals surface area (Å²) in [4.78, 5) is 0. The molecule has 1 unspecified atom stereocenters. The molecule has 1 atom stereocenters. The molecule has 0 aromatic heterocycles. The number of rotatable bonds is 2. The van der Waals surface area contributed by atoms with Crippen LogP contribution in [0.15, 0.2) is 18.2 Å². The number of hydrogen-bond acceptors (Lipinski definition) is 2. The number of nitrogens with two attached hydrogens (primary N) is 2. The lowest BCUT2D eigenvalue weighted by Crippen LogP contribution is -2.44. The predicted octanol–water partition coefficient (Wildman–Crippen LogP) is 2.84. The zero-order valence-corrected chi connectivity index (χ0v) is 8.23. The van der Waals surface area contributed by atoms with E-state index in [0.29, 0.717) is 12.1 Å². The summed E-state index contributed by atoms with van der Waals surface area (Å²) in [5.41, 5.74) is 3.82.